The van der Waals surface area contributed by atoms with E-state index in [2.05, 4.69) is 9.46 Å². The lowest BCUT2D eigenvalue weighted by Gasteiger charge is -2.26. The zero-order valence-electron chi connectivity index (χ0n) is 15.9. The number of nitrogens with one attached hydrogen (secondary N) is 1. The number of halogens is 1. The summed E-state index contributed by atoms with van der Waals surface area (Å²) < 4.78 is 64.0. The first-order valence-corrected chi connectivity index (χ1v) is 12.0. The van der Waals surface area contributed by atoms with Gasteiger partial charge in [-0.3, -0.25) is 4.72 Å². The van der Waals surface area contributed by atoms with Crippen LogP contribution < -0.4 is 4.72 Å². The minimum Gasteiger partial charge on any atom is -0.465 e. The third-order valence-corrected chi connectivity index (χ3v) is 7.99. The van der Waals surface area contributed by atoms with Crippen molar-refractivity contribution >= 4 is 43.3 Å². The maximum absolute atomic E-state index is 12.7. The lowest BCUT2D eigenvalue weighted by atomic mass is 10.2. The average molecular weight is 475 g/mol. The fraction of sp³-hybridized carbons (Fsp3) is 0.278. The summed E-state index contributed by atoms with van der Waals surface area (Å²) in [5.41, 5.74) is 0.0690. The number of esters is 1. The molecule has 2 aromatic carbocycles. The Morgan fingerprint density at radius 1 is 1.03 bits per heavy atom. The molecule has 1 aliphatic heterocycles. The van der Waals surface area contributed by atoms with Crippen molar-refractivity contribution in [3.63, 3.8) is 0 Å². The molecule has 0 aliphatic carbocycles. The van der Waals surface area contributed by atoms with Gasteiger partial charge in [0, 0.05) is 18.8 Å². The SMILES string of the molecule is COC(=O)c1cc(S(=O)(=O)Nc2ccc(S(=O)(=O)N3CCOCC3)cc2)ccc1Cl. The molecule has 162 valence electrons. The van der Waals surface area contributed by atoms with Gasteiger partial charge in [-0.2, -0.15) is 4.31 Å². The monoisotopic (exact) mass is 474 g/mol. The van der Waals surface area contributed by atoms with E-state index in [0.717, 1.165) is 13.2 Å². The van der Waals surface area contributed by atoms with Gasteiger partial charge in [0.2, 0.25) is 10.0 Å². The van der Waals surface area contributed by atoms with Gasteiger partial charge in [-0.1, -0.05) is 11.6 Å². The number of sulfonamides is 2. The Balaban J connectivity index is 1.82. The van der Waals surface area contributed by atoms with Gasteiger partial charge in [0.25, 0.3) is 10.0 Å². The predicted octanol–water partition coefficient (Wildman–Crippen LogP) is 1.95. The largest absolute Gasteiger partial charge is 0.465 e. The number of methoxy groups -OCH3 is 1. The molecule has 12 heteroatoms. The van der Waals surface area contributed by atoms with Crippen LogP contribution in [-0.4, -0.2) is 60.5 Å². The van der Waals surface area contributed by atoms with Crippen LogP contribution in [0.5, 0.6) is 0 Å². The number of ether oxygens (including phenoxy) is 2. The van der Waals surface area contributed by atoms with Crippen LogP contribution in [0.2, 0.25) is 5.02 Å². The van der Waals surface area contributed by atoms with Gasteiger partial charge >= 0.3 is 5.97 Å². The van der Waals surface area contributed by atoms with Crippen molar-refractivity contribution in [3.8, 4) is 0 Å². The van der Waals surface area contributed by atoms with Crippen molar-refractivity contribution in [2.24, 2.45) is 0 Å². The molecule has 30 heavy (non-hydrogen) atoms. The molecule has 1 heterocycles. The van der Waals surface area contributed by atoms with Gasteiger partial charge in [0.1, 0.15) is 0 Å². The van der Waals surface area contributed by atoms with Crippen LogP contribution in [0.25, 0.3) is 0 Å². The molecule has 2 aromatic rings. The minimum absolute atomic E-state index is 0.0480. The Morgan fingerprint density at radius 3 is 2.23 bits per heavy atom. The molecule has 0 aromatic heterocycles. The first-order valence-electron chi connectivity index (χ1n) is 8.74. The maximum Gasteiger partial charge on any atom is 0.339 e. The summed E-state index contributed by atoms with van der Waals surface area (Å²) in [6.07, 6.45) is 0. The summed E-state index contributed by atoms with van der Waals surface area (Å²) in [6.45, 7) is 1.17. The number of benzene rings is 2. The molecule has 0 amide bonds. The van der Waals surface area contributed by atoms with E-state index < -0.39 is 26.0 Å². The van der Waals surface area contributed by atoms with Crippen molar-refractivity contribution < 1.29 is 31.1 Å². The van der Waals surface area contributed by atoms with Gasteiger partial charge in [0.15, 0.2) is 0 Å². The Morgan fingerprint density at radius 2 is 1.63 bits per heavy atom. The van der Waals surface area contributed by atoms with E-state index >= 15 is 0 Å². The molecule has 0 atom stereocenters. The van der Waals surface area contributed by atoms with Crippen molar-refractivity contribution in [1.29, 1.82) is 0 Å². The Kier molecular flexibility index (Phi) is 6.68. The molecule has 0 bridgehead atoms. The summed E-state index contributed by atoms with van der Waals surface area (Å²) in [4.78, 5) is 11.6. The topological polar surface area (TPSA) is 119 Å². The summed E-state index contributed by atoms with van der Waals surface area (Å²) in [7, 11) is -6.59. The zero-order chi connectivity index (χ0) is 21.9. The van der Waals surface area contributed by atoms with Crippen LogP contribution in [0.3, 0.4) is 0 Å². The van der Waals surface area contributed by atoms with Crippen LogP contribution in [-0.2, 0) is 29.5 Å². The number of morpholine rings is 1. The van der Waals surface area contributed by atoms with Gasteiger partial charge in [-0.05, 0) is 42.5 Å². The molecule has 0 saturated carbocycles. The molecule has 0 radical (unpaired) electrons. The second-order valence-electron chi connectivity index (χ2n) is 6.28. The lowest BCUT2D eigenvalue weighted by molar-refractivity contribution is 0.0600. The predicted molar refractivity (Wildman–Crippen MR) is 110 cm³/mol. The molecule has 0 unspecified atom stereocenters. The van der Waals surface area contributed by atoms with Crippen LogP contribution in [0.1, 0.15) is 10.4 Å². The molecule has 9 nitrogen and oxygen atoms in total. The second kappa shape index (κ2) is 8.90. The van der Waals surface area contributed by atoms with Crippen LogP contribution in [0.4, 0.5) is 5.69 Å². The number of carbonyl (C=O) groups excluding carboxylic acids is 1. The first kappa shape index (κ1) is 22.5. The molecule has 1 fully saturated rings. The third-order valence-electron chi connectivity index (χ3n) is 4.37. The summed E-state index contributed by atoms with van der Waals surface area (Å²) in [5.74, 6) is -0.769. The quantitative estimate of drug-likeness (QED) is 0.635. The Hall–Kier alpha value is -2.18. The lowest BCUT2D eigenvalue weighted by Crippen LogP contribution is -2.40. The number of hydrogen-bond acceptors (Lipinski definition) is 7. The molecule has 1 aliphatic rings. The standard InChI is InChI=1S/C18H19ClN2O7S2/c1-27-18(22)16-12-15(6-7-17(16)19)29(23,24)20-13-2-4-14(5-3-13)30(25,26)21-8-10-28-11-9-21/h2-7,12,20H,8-11H2,1H3. The first-order chi connectivity index (χ1) is 14.1. The van der Waals surface area contributed by atoms with E-state index in [-0.39, 0.29) is 39.2 Å². The van der Waals surface area contributed by atoms with Crippen LogP contribution >= 0.6 is 11.6 Å². The van der Waals surface area contributed by atoms with E-state index in [1.54, 1.807) is 0 Å². The Bertz CT molecular complexity index is 1140. The Labute approximate surface area is 179 Å². The summed E-state index contributed by atoms with van der Waals surface area (Å²) >= 11 is 5.92. The highest BCUT2D eigenvalue weighted by molar-refractivity contribution is 7.92. The van der Waals surface area contributed by atoms with Gasteiger partial charge < -0.3 is 9.47 Å². The number of rotatable bonds is 6. The van der Waals surface area contributed by atoms with Gasteiger partial charge in [0.05, 0.1) is 40.7 Å². The van der Waals surface area contributed by atoms with Crippen molar-refractivity contribution in [2.45, 2.75) is 9.79 Å². The maximum atomic E-state index is 12.7. The molecule has 1 N–H and O–H groups in total. The number of carbonyl (C=O) groups is 1. The highest BCUT2D eigenvalue weighted by Gasteiger charge is 2.26. The van der Waals surface area contributed by atoms with Crippen molar-refractivity contribution in [1.82, 2.24) is 4.31 Å². The van der Waals surface area contributed by atoms with E-state index in [0.29, 0.717) is 13.2 Å². The highest BCUT2D eigenvalue weighted by Crippen LogP contribution is 2.24. The fourth-order valence-corrected chi connectivity index (χ4v) is 5.47. The van der Waals surface area contributed by atoms with E-state index in [1.165, 1.54) is 40.7 Å². The van der Waals surface area contributed by atoms with Crippen molar-refractivity contribution in [3.05, 3.63) is 53.1 Å². The normalized spacial score (nSPS) is 15.5. The second-order valence-corrected chi connectivity index (χ2v) is 10.3. The molecular formula is C18H19ClN2O7S2. The highest BCUT2D eigenvalue weighted by atomic mass is 35.5. The fourth-order valence-electron chi connectivity index (χ4n) is 2.78. The number of hydrogen-bond donors (Lipinski definition) is 1. The number of nitrogens with zero attached hydrogens (tertiary/aromatic N) is 1. The van der Waals surface area contributed by atoms with Gasteiger partial charge in [-0.25, -0.2) is 21.6 Å². The summed E-state index contributed by atoms with van der Waals surface area (Å²) in [6, 6.07) is 8.97. The van der Waals surface area contributed by atoms with E-state index in [9.17, 15) is 21.6 Å². The minimum atomic E-state index is -4.06. The average Bonchev–Trinajstić information content (AvgIpc) is 2.74. The third kappa shape index (κ3) is 4.76. The van der Waals surface area contributed by atoms with Crippen LogP contribution in [0, 0.1) is 0 Å². The summed E-state index contributed by atoms with van der Waals surface area (Å²) in [5, 5.41) is 0.0541. The molecule has 1 saturated heterocycles. The molecule has 3 rings (SSSR count). The van der Waals surface area contributed by atoms with Crippen LogP contribution in [0.15, 0.2) is 52.3 Å². The van der Waals surface area contributed by atoms with Gasteiger partial charge in [-0.15, -0.1) is 0 Å². The van der Waals surface area contributed by atoms with E-state index in [1.807, 2.05) is 0 Å². The molecule has 0 spiro atoms. The smallest absolute Gasteiger partial charge is 0.339 e. The van der Waals surface area contributed by atoms with Crippen molar-refractivity contribution in [2.75, 3.05) is 38.1 Å². The zero-order valence-corrected chi connectivity index (χ0v) is 18.3. The number of anilines is 1. The molecular weight excluding hydrogens is 456 g/mol. The van der Waals surface area contributed by atoms with E-state index in [4.69, 9.17) is 16.3 Å².